The van der Waals surface area contributed by atoms with Crippen molar-refractivity contribution in [1.82, 2.24) is 19.9 Å². The fraction of sp³-hybridized carbons (Fsp3) is 0.222. The van der Waals surface area contributed by atoms with Crippen molar-refractivity contribution in [1.29, 1.82) is 0 Å². The van der Waals surface area contributed by atoms with Crippen LogP contribution in [0.4, 0.5) is 18.9 Å². The molecule has 0 saturated carbocycles. The largest absolute Gasteiger partial charge is 0.485 e. The van der Waals surface area contributed by atoms with Gasteiger partial charge in [-0.1, -0.05) is 11.6 Å². The number of halogens is 4. The molecule has 3 aromatic heterocycles. The van der Waals surface area contributed by atoms with Gasteiger partial charge in [-0.15, -0.1) is 11.3 Å². The molecule has 0 saturated heterocycles. The summed E-state index contributed by atoms with van der Waals surface area (Å²) in [4.78, 5) is 26.4. The molecule has 214 valence electrons. The normalized spacial score (nSPS) is 11.7. The van der Waals surface area contributed by atoms with Crippen molar-refractivity contribution in [2.45, 2.75) is 26.6 Å². The Kier molecular flexibility index (Phi) is 9.86. The SMILES string of the molecule is COCC(C)Oc1cc2sc(-c3cc(Cl)cc4cc(OC(F)F)cnc34)nc2cc1F.Cc1ncc(NC=O)cn1. The first-order valence-corrected chi connectivity index (χ1v) is 13.1. The number of hydrogen-bond donors (Lipinski definition) is 1. The quantitative estimate of drug-likeness (QED) is 0.186. The molecule has 0 spiro atoms. The molecule has 3 heterocycles. The van der Waals surface area contributed by atoms with Gasteiger partial charge in [0.05, 0.1) is 46.6 Å². The molecule has 0 radical (unpaired) electrons. The highest BCUT2D eigenvalue weighted by Gasteiger charge is 2.17. The average molecular weight is 606 g/mol. The van der Waals surface area contributed by atoms with Crippen LogP contribution in [0.2, 0.25) is 5.02 Å². The van der Waals surface area contributed by atoms with E-state index in [1.54, 1.807) is 51.6 Å². The van der Waals surface area contributed by atoms with E-state index in [9.17, 15) is 18.0 Å². The number of nitrogens with one attached hydrogen (secondary N) is 1. The number of amides is 1. The Morgan fingerprint density at radius 1 is 1.07 bits per heavy atom. The molecule has 9 nitrogen and oxygen atoms in total. The highest BCUT2D eigenvalue weighted by atomic mass is 35.5. The summed E-state index contributed by atoms with van der Waals surface area (Å²) in [6, 6.07) is 7.60. The number of aromatic nitrogens is 4. The maximum atomic E-state index is 14.5. The zero-order chi connectivity index (χ0) is 29.5. The lowest BCUT2D eigenvalue weighted by molar-refractivity contribution is -0.105. The molecule has 0 aliphatic rings. The van der Waals surface area contributed by atoms with Crippen molar-refractivity contribution in [2.75, 3.05) is 19.0 Å². The Hall–Kier alpha value is -4.07. The van der Waals surface area contributed by atoms with E-state index in [4.69, 9.17) is 21.1 Å². The molecule has 1 unspecified atom stereocenters. The van der Waals surface area contributed by atoms with Crippen LogP contribution in [-0.4, -0.2) is 52.8 Å². The lowest BCUT2D eigenvalue weighted by Gasteiger charge is -2.14. The number of carbonyl (C=O) groups is 1. The Morgan fingerprint density at radius 2 is 1.83 bits per heavy atom. The van der Waals surface area contributed by atoms with Gasteiger partial charge in [-0.25, -0.2) is 19.3 Å². The summed E-state index contributed by atoms with van der Waals surface area (Å²) in [5.41, 5.74) is 2.18. The van der Waals surface area contributed by atoms with E-state index in [-0.39, 0.29) is 17.6 Å². The number of hydrogen-bond acceptors (Lipinski definition) is 9. The average Bonchev–Trinajstić information content (AvgIpc) is 3.32. The fourth-order valence-electron chi connectivity index (χ4n) is 3.68. The minimum atomic E-state index is -2.96. The second kappa shape index (κ2) is 13.5. The summed E-state index contributed by atoms with van der Waals surface area (Å²) in [6.07, 6.45) is 4.58. The smallest absolute Gasteiger partial charge is 0.387 e. The number of benzene rings is 2. The van der Waals surface area contributed by atoms with Crippen molar-refractivity contribution in [3.05, 3.63) is 65.6 Å². The Balaban J connectivity index is 0.000000328. The van der Waals surface area contributed by atoms with Crippen LogP contribution in [0.15, 0.2) is 48.9 Å². The predicted octanol–water partition coefficient (Wildman–Crippen LogP) is 6.67. The molecule has 5 aromatic rings. The highest BCUT2D eigenvalue weighted by molar-refractivity contribution is 7.21. The lowest BCUT2D eigenvalue weighted by atomic mass is 10.1. The van der Waals surface area contributed by atoms with Crippen molar-refractivity contribution in [3.63, 3.8) is 0 Å². The number of thiazole rings is 1. The van der Waals surface area contributed by atoms with Crippen LogP contribution >= 0.6 is 22.9 Å². The van der Waals surface area contributed by atoms with Crippen LogP contribution in [-0.2, 0) is 9.53 Å². The summed E-state index contributed by atoms with van der Waals surface area (Å²) >= 11 is 7.55. The fourth-order valence-corrected chi connectivity index (χ4v) is 4.90. The van der Waals surface area contributed by atoms with Crippen LogP contribution in [0, 0.1) is 12.7 Å². The first kappa shape index (κ1) is 29.9. The third kappa shape index (κ3) is 7.78. The van der Waals surface area contributed by atoms with Crippen molar-refractivity contribution < 1.29 is 32.2 Å². The van der Waals surface area contributed by atoms with Gasteiger partial charge in [0.2, 0.25) is 6.41 Å². The highest BCUT2D eigenvalue weighted by Crippen LogP contribution is 2.38. The van der Waals surface area contributed by atoms with Gasteiger partial charge < -0.3 is 19.5 Å². The van der Waals surface area contributed by atoms with E-state index in [0.29, 0.717) is 61.2 Å². The van der Waals surface area contributed by atoms with Crippen molar-refractivity contribution >= 4 is 56.2 Å². The van der Waals surface area contributed by atoms with Crippen LogP contribution < -0.4 is 14.8 Å². The summed E-state index contributed by atoms with van der Waals surface area (Å²) in [7, 11) is 1.54. The predicted molar refractivity (Wildman–Crippen MR) is 150 cm³/mol. The maximum Gasteiger partial charge on any atom is 0.387 e. The second-order valence-electron chi connectivity index (χ2n) is 8.51. The lowest BCUT2D eigenvalue weighted by Crippen LogP contribution is -2.18. The van der Waals surface area contributed by atoms with E-state index in [0.717, 1.165) is 0 Å². The molecule has 41 heavy (non-hydrogen) atoms. The van der Waals surface area contributed by atoms with Gasteiger partial charge in [0.1, 0.15) is 22.7 Å². The third-order valence-corrected chi connectivity index (χ3v) is 6.63. The molecular formula is C27H23ClF3N5O4S. The zero-order valence-corrected chi connectivity index (χ0v) is 23.5. The molecule has 5 rings (SSSR count). The first-order valence-electron chi connectivity index (χ1n) is 12.0. The van der Waals surface area contributed by atoms with Crippen LogP contribution in [0.25, 0.3) is 31.7 Å². The molecule has 2 aromatic carbocycles. The van der Waals surface area contributed by atoms with E-state index in [2.05, 4.69) is 30.0 Å². The van der Waals surface area contributed by atoms with Gasteiger partial charge in [-0.2, -0.15) is 8.78 Å². The van der Waals surface area contributed by atoms with E-state index in [1.165, 1.54) is 29.7 Å². The molecule has 0 bridgehead atoms. The number of ether oxygens (including phenoxy) is 3. The topological polar surface area (TPSA) is 108 Å². The van der Waals surface area contributed by atoms with Gasteiger partial charge in [-0.3, -0.25) is 9.78 Å². The number of alkyl halides is 2. The Morgan fingerprint density at radius 3 is 2.51 bits per heavy atom. The Labute approximate surface area is 241 Å². The van der Waals surface area contributed by atoms with Gasteiger partial charge in [0.15, 0.2) is 11.6 Å². The molecule has 14 heteroatoms. The number of pyridine rings is 1. The summed E-state index contributed by atoms with van der Waals surface area (Å²) < 4.78 is 55.3. The van der Waals surface area contributed by atoms with Crippen LogP contribution in [0.3, 0.4) is 0 Å². The minimum Gasteiger partial charge on any atom is -0.485 e. The number of anilines is 1. The maximum absolute atomic E-state index is 14.5. The molecule has 0 fully saturated rings. The number of nitrogens with zero attached hydrogens (tertiary/aromatic N) is 4. The number of fused-ring (bicyclic) bond motifs is 2. The summed E-state index contributed by atoms with van der Waals surface area (Å²) in [5.74, 6) is 0.191. The molecule has 1 amide bonds. The minimum absolute atomic E-state index is 0.0749. The number of aryl methyl sites for hydroxylation is 1. The molecule has 1 atom stereocenters. The van der Waals surface area contributed by atoms with Gasteiger partial charge >= 0.3 is 6.61 Å². The Bertz CT molecular complexity index is 1660. The van der Waals surface area contributed by atoms with Crippen LogP contribution in [0.5, 0.6) is 11.5 Å². The molecule has 0 aliphatic carbocycles. The molecule has 1 N–H and O–H groups in total. The number of rotatable bonds is 9. The van der Waals surface area contributed by atoms with E-state index >= 15 is 0 Å². The van der Waals surface area contributed by atoms with Crippen LogP contribution in [0.1, 0.15) is 12.7 Å². The van der Waals surface area contributed by atoms with Crippen molar-refractivity contribution in [3.8, 4) is 22.1 Å². The summed E-state index contributed by atoms with van der Waals surface area (Å²) in [6.45, 7) is 0.925. The van der Waals surface area contributed by atoms with Gasteiger partial charge in [-0.05, 0) is 32.0 Å². The number of methoxy groups -OCH3 is 1. The summed E-state index contributed by atoms with van der Waals surface area (Å²) in [5, 5.41) is 3.88. The number of carbonyl (C=O) groups excluding carboxylic acids is 1. The first-order chi connectivity index (χ1) is 19.7. The molecular weight excluding hydrogens is 583 g/mol. The van der Waals surface area contributed by atoms with Gasteiger partial charge in [0.25, 0.3) is 0 Å². The van der Waals surface area contributed by atoms with E-state index in [1.807, 2.05) is 0 Å². The van der Waals surface area contributed by atoms with Crippen molar-refractivity contribution in [2.24, 2.45) is 0 Å². The zero-order valence-electron chi connectivity index (χ0n) is 21.9. The standard InChI is InChI=1S/C21H16ClF3N2O3S.C6H7N3O/c1-10(9-28-2)29-17-7-18-16(6-15(17)23)27-20(31-18)14-5-12(22)3-11-4-13(30-21(24)25)8-26-19(11)14;1-5-7-2-6(3-8-5)9-4-10/h3-8,10,21H,9H2,1-2H3;2-4H,1H3,(H,9,10). The van der Waals surface area contributed by atoms with E-state index < -0.39 is 12.4 Å². The third-order valence-electron chi connectivity index (χ3n) is 5.36. The second-order valence-corrected chi connectivity index (χ2v) is 9.98. The van der Waals surface area contributed by atoms with Gasteiger partial charge in [0, 0.05) is 35.2 Å². The molecule has 0 aliphatic heterocycles. The monoisotopic (exact) mass is 605 g/mol.